The number of phenolic OH excluding ortho intramolecular Hbond substituents is 1. The summed E-state index contributed by atoms with van der Waals surface area (Å²) in [5, 5.41) is 20.7. The number of hydrogen-bond donors (Lipinski definition) is 2. The van der Waals surface area contributed by atoms with E-state index in [1.807, 2.05) is 0 Å². The topological polar surface area (TPSA) is 109 Å². The van der Waals surface area contributed by atoms with Crippen molar-refractivity contribution in [2.24, 2.45) is 0 Å². The second kappa shape index (κ2) is 6.99. The summed E-state index contributed by atoms with van der Waals surface area (Å²) in [6.07, 6.45) is -0.378. The van der Waals surface area contributed by atoms with Crippen molar-refractivity contribution in [3.05, 3.63) is 17.7 Å². The number of rotatable bonds is 5. The van der Waals surface area contributed by atoms with Crippen molar-refractivity contribution >= 4 is 17.6 Å². The second-order valence-electron chi connectivity index (χ2n) is 3.83. The summed E-state index contributed by atoms with van der Waals surface area (Å²) in [6, 6.07) is 4.58. The van der Waals surface area contributed by atoms with Crippen LogP contribution in [0.25, 0.3) is 0 Å². The summed E-state index contributed by atoms with van der Waals surface area (Å²) < 4.78 is 9.51. The van der Waals surface area contributed by atoms with Gasteiger partial charge in [-0.1, -0.05) is 0 Å². The summed E-state index contributed by atoms with van der Waals surface area (Å²) in [6.45, 7) is 0. The van der Waals surface area contributed by atoms with E-state index in [9.17, 15) is 14.7 Å². The van der Waals surface area contributed by atoms with E-state index in [2.05, 4.69) is 10.1 Å². The minimum atomic E-state index is -0.569. The van der Waals surface area contributed by atoms with E-state index in [1.54, 1.807) is 6.07 Å². The average molecular weight is 278 g/mol. The van der Waals surface area contributed by atoms with Crippen LogP contribution in [-0.4, -0.2) is 31.2 Å². The lowest BCUT2D eigenvalue weighted by molar-refractivity contribution is -0.139. The van der Waals surface area contributed by atoms with E-state index >= 15 is 0 Å². The van der Waals surface area contributed by atoms with Crippen LogP contribution in [0.2, 0.25) is 0 Å². The van der Waals surface area contributed by atoms with Crippen LogP contribution in [0.3, 0.4) is 0 Å². The molecule has 1 rings (SSSR count). The normalized spacial score (nSPS) is 9.45. The molecule has 7 heteroatoms. The Labute approximate surface area is 115 Å². The minimum absolute atomic E-state index is 0.0335. The lowest BCUT2D eigenvalue weighted by Crippen LogP contribution is -2.11. The molecule has 0 bridgehead atoms. The van der Waals surface area contributed by atoms with Gasteiger partial charge in [-0.3, -0.25) is 9.59 Å². The fraction of sp³-hybridized carbons (Fsp3) is 0.308. The van der Waals surface area contributed by atoms with Crippen molar-refractivity contribution in [3.8, 4) is 17.6 Å². The van der Waals surface area contributed by atoms with E-state index < -0.39 is 11.9 Å². The SMILES string of the molecule is COC(=O)Cc1cc(NC(=O)CC#N)c(O)c(OC)c1. The Balaban J connectivity index is 3.08. The Morgan fingerprint density at radius 1 is 1.40 bits per heavy atom. The van der Waals surface area contributed by atoms with Crippen molar-refractivity contribution in [3.63, 3.8) is 0 Å². The number of methoxy groups -OCH3 is 2. The number of anilines is 1. The number of ether oxygens (including phenoxy) is 2. The van der Waals surface area contributed by atoms with Gasteiger partial charge in [-0.05, 0) is 17.7 Å². The monoisotopic (exact) mass is 278 g/mol. The van der Waals surface area contributed by atoms with Crippen molar-refractivity contribution in [1.29, 1.82) is 5.26 Å². The van der Waals surface area contributed by atoms with Crippen LogP contribution in [0, 0.1) is 11.3 Å². The van der Waals surface area contributed by atoms with Crippen molar-refractivity contribution in [1.82, 2.24) is 0 Å². The summed E-state index contributed by atoms with van der Waals surface area (Å²) in [5.41, 5.74) is 0.572. The molecule has 1 aromatic rings. The highest BCUT2D eigenvalue weighted by Crippen LogP contribution is 2.35. The molecule has 0 radical (unpaired) electrons. The van der Waals surface area contributed by atoms with Gasteiger partial charge in [-0.25, -0.2) is 0 Å². The van der Waals surface area contributed by atoms with Gasteiger partial charge in [0.15, 0.2) is 11.5 Å². The highest BCUT2D eigenvalue weighted by atomic mass is 16.5. The van der Waals surface area contributed by atoms with Crippen LogP contribution in [0.5, 0.6) is 11.5 Å². The molecule has 7 nitrogen and oxygen atoms in total. The van der Waals surface area contributed by atoms with E-state index in [4.69, 9.17) is 10.00 Å². The molecule has 1 amide bonds. The summed E-state index contributed by atoms with van der Waals surface area (Å²) in [4.78, 5) is 22.6. The van der Waals surface area contributed by atoms with E-state index in [0.717, 1.165) is 0 Å². The van der Waals surface area contributed by atoms with Crippen molar-refractivity contribution in [2.45, 2.75) is 12.8 Å². The fourth-order valence-electron chi connectivity index (χ4n) is 1.52. The van der Waals surface area contributed by atoms with Gasteiger partial charge in [0.2, 0.25) is 5.91 Å². The zero-order chi connectivity index (χ0) is 15.1. The van der Waals surface area contributed by atoms with Crippen LogP contribution >= 0.6 is 0 Å². The van der Waals surface area contributed by atoms with Crippen LogP contribution in [0.15, 0.2) is 12.1 Å². The molecule has 0 heterocycles. The first kappa shape index (κ1) is 15.3. The lowest BCUT2D eigenvalue weighted by Gasteiger charge is -2.12. The summed E-state index contributed by atoms with van der Waals surface area (Å²) in [7, 11) is 2.60. The number of esters is 1. The molecule has 20 heavy (non-hydrogen) atoms. The quantitative estimate of drug-likeness (QED) is 0.613. The highest BCUT2D eigenvalue weighted by Gasteiger charge is 2.14. The van der Waals surface area contributed by atoms with E-state index in [-0.39, 0.29) is 30.0 Å². The fourth-order valence-corrected chi connectivity index (χ4v) is 1.52. The molecule has 0 saturated heterocycles. The predicted octanol–water partition coefficient (Wildman–Crippen LogP) is 0.968. The lowest BCUT2D eigenvalue weighted by atomic mass is 10.1. The van der Waals surface area contributed by atoms with Gasteiger partial charge < -0.3 is 19.9 Å². The zero-order valence-electron chi connectivity index (χ0n) is 11.1. The Hall–Kier alpha value is -2.75. The van der Waals surface area contributed by atoms with Gasteiger partial charge in [0.1, 0.15) is 6.42 Å². The van der Waals surface area contributed by atoms with E-state index in [1.165, 1.54) is 26.4 Å². The molecule has 0 spiro atoms. The Morgan fingerprint density at radius 2 is 2.10 bits per heavy atom. The molecule has 2 N–H and O–H groups in total. The van der Waals surface area contributed by atoms with Crippen molar-refractivity contribution < 1.29 is 24.2 Å². The van der Waals surface area contributed by atoms with Gasteiger partial charge >= 0.3 is 5.97 Å². The molecule has 0 unspecified atom stereocenters. The summed E-state index contributed by atoms with van der Waals surface area (Å²) in [5.74, 6) is -1.20. The molecule has 0 atom stereocenters. The first-order valence-electron chi connectivity index (χ1n) is 5.65. The molecule has 0 saturated carbocycles. The molecular weight excluding hydrogens is 264 g/mol. The van der Waals surface area contributed by atoms with Gasteiger partial charge in [0, 0.05) is 0 Å². The largest absolute Gasteiger partial charge is 0.503 e. The number of benzene rings is 1. The molecule has 0 aliphatic rings. The van der Waals surface area contributed by atoms with Crippen LogP contribution < -0.4 is 10.1 Å². The Kier molecular flexibility index (Phi) is 5.35. The summed E-state index contributed by atoms with van der Waals surface area (Å²) >= 11 is 0. The molecule has 0 aromatic heterocycles. The number of amides is 1. The minimum Gasteiger partial charge on any atom is -0.503 e. The average Bonchev–Trinajstić information content (AvgIpc) is 2.42. The number of carbonyl (C=O) groups excluding carboxylic acids is 2. The molecule has 0 aliphatic carbocycles. The highest BCUT2D eigenvalue weighted by molar-refractivity contribution is 5.94. The van der Waals surface area contributed by atoms with Gasteiger partial charge in [-0.15, -0.1) is 0 Å². The molecule has 0 aliphatic heterocycles. The van der Waals surface area contributed by atoms with Gasteiger partial charge in [0.05, 0.1) is 32.4 Å². The number of nitriles is 1. The first-order valence-corrected chi connectivity index (χ1v) is 5.65. The number of carbonyl (C=O) groups is 2. The number of hydrogen-bond acceptors (Lipinski definition) is 6. The maximum atomic E-state index is 11.4. The van der Waals surface area contributed by atoms with Gasteiger partial charge in [0.25, 0.3) is 0 Å². The Morgan fingerprint density at radius 3 is 2.65 bits per heavy atom. The molecule has 0 fully saturated rings. The first-order chi connectivity index (χ1) is 9.51. The van der Waals surface area contributed by atoms with E-state index in [0.29, 0.717) is 5.56 Å². The van der Waals surface area contributed by atoms with Crippen LogP contribution in [0.4, 0.5) is 5.69 Å². The predicted molar refractivity (Wildman–Crippen MR) is 69.2 cm³/mol. The number of nitrogens with zero attached hydrogens (tertiary/aromatic N) is 1. The third kappa shape index (κ3) is 3.88. The maximum Gasteiger partial charge on any atom is 0.309 e. The van der Waals surface area contributed by atoms with Crippen molar-refractivity contribution in [2.75, 3.05) is 19.5 Å². The van der Waals surface area contributed by atoms with Crippen LogP contribution in [-0.2, 0) is 20.7 Å². The smallest absolute Gasteiger partial charge is 0.309 e. The molecule has 106 valence electrons. The molecule has 1 aromatic carbocycles. The zero-order valence-corrected chi connectivity index (χ0v) is 11.1. The second-order valence-corrected chi connectivity index (χ2v) is 3.83. The Bertz CT molecular complexity index is 563. The maximum absolute atomic E-state index is 11.4. The standard InChI is InChI=1S/C13H14N2O5/c1-19-10-6-8(7-12(17)20-2)5-9(13(10)18)15-11(16)3-4-14/h5-6,18H,3,7H2,1-2H3,(H,15,16). The number of phenols is 1. The van der Waals surface area contributed by atoms with Gasteiger partial charge in [-0.2, -0.15) is 5.26 Å². The number of nitrogens with one attached hydrogen (secondary N) is 1. The third-order valence-electron chi connectivity index (χ3n) is 2.44. The molecular formula is C13H14N2O5. The third-order valence-corrected chi connectivity index (χ3v) is 2.44. The van der Waals surface area contributed by atoms with Crippen LogP contribution in [0.1, 0.15) is 12.0 Å². The number of aromatic hydroxyl groups is 1.